The third kappa shape index (κ3) is 2.24. The lowest BCUT2D eigenvalue weighted by atomic mass is 10.3. The van der Waals surface area contributed by atoms with Crippen LogP contribution in [0.15, 0.2) is 21.9 Å². The van der Waals surface area contributed by atoms with Crippen molar-refractivity contribution >= 4 is 11.6 Å². The second-order valence-electron chi connectivity index (χ2n) is 3.92. The zero-order valence-corrected chi connectivity index (χ0v) is 10.9. The number of nitrogens with zero attached hydrogens (tertiary/aromatic N) is 3. The van der Waals surface area contributed by atoms with E-state index in [0.717, 1.165) is 17.8 Å². The van der Waals surface area contributed by atoms with Crippen molar-refractivity contribution in [2.75, 3.05) is 0 Å². The average Bonchev–Trinajstić information content (AvgIpc) is 2.59. The summed E-state index contributed by atoms with van der Waals surface area (Å²) in [7, 11) is 1.77. The molecule has 0 amide bonds. The van der Waals surface area contributed by atoms with E-state index in [4.69, 9.17) is 11.6 Å². The molecule has 0 fully saturated rings. The molecule has 0 aliphatic rings. The van der Waals surface area contributed by atoms with Gasteiger partial charge >= 0.3 is 5.69 Å². The lowest BCUT2D eigenvalue weighted by Gasteiger charge is -2.05. The first kappa shape index (κ1) is 12.6. The fourth-order valence-electron chi connectivity index (χ4n) is 1.72. The van der Waals surface area contributed by atoms with Gasteiger partial charge in [-0.3, -0.25) is 19.0 Å². The maximum Gasteiger partial charge on any atom is 0.328 e. The second-order valence-corrected chi connectivity index (χ2v) is 4.30. The Kier molecular flexibility index (Phi) is 3.38. The number of nitrogens with one attached hydrogen (secondary N) is 1. The van der Waals surface area contributed by atoms with E-state index in [0.29, 0.717) is 5.02 Å². The lowest BCUT2D eigenvalue weighted by molar-refractivity contribution is 0.637. The highest BCUT2D eigenvalue weighted by molar-refractivity contribution is 6.31. The van der Waals surface area contributed by atoms with Crippen LogP contribution in [0.5, 0.6) is 0 Å². The average molecular weight is 269 g/mol. The van der Waals surface area contributed by atoms with Gasteiger partial charge in [-0.25, -0.2) is 4.79 Å². The molecule has 2 aromatic heterocycles. The van der Waals surface area contributed by atoms with Gasteiger partial charge in [-0.15, -0.1) is 0 Å². The maximum atomic E-state index is 11.6. The van der Waals surface area contributed by atoms with Crippen molar-refractivity contribution in [3.05, 3.63) is 49.5 Å². The van der Waals surface area contributed by atoms with Gasteiger partial charge in [0.15, 0.2) is 0 Å². The van der Waals surface area contributed by atoms with Crippen LogP contribution in [0.25, 0.3) is 0 Å². The van der Waals surface area contributed by atoms with Crippen molar-refractivity contribution in [1.82, 2.24) is 19.3 Å². The molecule has 0 radical (unpaired) electrons. The highest BCUT2D eigenvalue weighted by Gasteiger charge is 2.13. The van der Waals surface area contributed by atoms with Crippen molar-refractivity contribution in [3.8, 4) is 0 Å². The molecular formula is C11H13ClN4O2. The van der Waals surface area contributed by atoms with Gasteiger partial charge in [0.05, 0.1) is 23.0 Å². The molecule has 1 N–H and O–H groups in total. The molecule has 2 aromatic rings. The van der Waals surface area contributed by atoms with E-state index >= 15 is 0 Å². The van der Waals surface area contributed by atoms with Gasteiger partial charge in [-0.1, -0.05) is 18.5 Å². The normalized spacial score (nSPS) is 10.8. The highest BCUT2D eigenvalue weighted by atomic mass is 35.5. The van der Waals surface area contributed by atoms with Crippen LogP contribution in [0.3, 0.4) is 0 Å². The second kappa shape index (κ2) is 4.81. The third-order valence-electron chi connectivity index (χ3n) is 2.72. The fourth-order valence-corrected chi connectivity index (χ4v) is 2.08. The molecule has 7 heteroatoms. The van der Waals surface area contributed by atoms with Crippen molar-refractivity contribution in [2.24, 2.45) is 7.05 Å². The van der Waals surface area contributed by atoms with Crippen molar-refractivity contribution < 1.29 is 0 Å². The number of H-pyrrole nitrogens is 1. The van der Waals surface area contributed by atoms with E-state index in [2.05, 4.69) is 10.1 Å². The van der Waals surface area contributed by atoms with Gasteiger partial charge in [0.25, 0.3) is 5.56 Å². The predicted molar refractivity (Wildman–Crippen MR) is 68.0 cm³/mol. The van der Waals surface area contributed by atoms with E-state index in [9.17, 15) is 9.59 Å². The van der Waals surface area contributed by atoms with Gasteiger partial charge in [0, 0.05) is 19.3 Å². The van der Waals surface area contributed by atoms with E-state index < -0.39 is 11.2 Å². The molecule has 6 nitrogen and oxygen atoms in total. The third-order valence-corrected chi connectivity index (χ3v) is 3.16. The Bertz CT molecular complexity index is 683. The fraction of sp³-hybridized carbons (Fsp3) is 0.364. The van der Waals surface area contributed by atoms with E-state index in [-0.39, 0.29) is 6.54 Å². The smallest absolute Gasteiger partial charge is 0.295 e. The van der Waals surface area contributed by atoms with Crippen LogP contribution in [0, 0.1) is 0 Å². The Morgan fingerprint density at radius 2 is 2.17 bits per heavy atom. The van der Waals surface area contributed by atoms with Crippen LogP contribution in [0.1, 0.15) is 18.3 Å². The molecule has 0 saturated heterocycles. The topological polar surface area (TPSA) is 72.7 Å². The lowest BCUT2D eigenvalue weighted by Crippen LogP contribution is -2.29. The van der Waals surface area contributed by atoms with Crippen molar-refractivity contribution in [3.63, 3.8) is 0 Å². The summed E-state index contributed by atoms with van der Waals surface area (Å²) in [4.78, 5) is 24.7. The Morgan fingerprint density at radius 3 is 2.72 bits per heavy atom. The van der Waals surface area contributed by atoms with Crippen LogP contribution in [-0.2, 0) is 20.0 Å². The SMILES string of the molecule is CCc1nn(C)c(Cn2ccc(=O)[nH]c2=O)c1Cl. The van der Waals surface area contributed by atoms with Gasteiger partial charge < -0.3 is 0 Å². The summed E-state index contributed by atoms with van der Waals surface area (Å²) in [6, 6.07) is 1.30. The van der Waals surface area contributed by atoms with E-state index in [1.807, 2.05) is 6.92 Å². The zero-order chi connectivity index (χ0) is 13.3. The Hall–Kier alpha value is -1.82. The summed E-state index contributed by atoms with van der Waals surface area (Å²) >= 11 is 6.19. The van der Waals surface area contributed by atoms with Crippen LogP contribution in [0.2, 0.25) is 5.02 Å². The minimum Gasteiger partial charge on any atom is -0.295 e. The summed E-state index contributed by atoms with van der Waals surface area (Å²) in [6.45, 7) is 2.24. The number of rotatable bonds is 3. The van der Waals surface area contributed by atoms with Gasteiger partial charge in [0.2, 0.25) is 0 Å². The molecule has 0 saturated carbocycles. The standard InChI is InChI=1S/C11H13ClN4O2/c1-3-7-10(12)8(15(2)14-7)6-16-5-4-9(17)13-11(16)18/h4-5H,3,6H2,1-2H3,(H,13,17,18). The summed E-state index contributed by atoms with van der Waals surface area (Å²) in [5.74, 6) is 0. The molecule has 0 aliphatic heterocycles. The molecule has 2 rings (SSSR count). The van der Waals surface area contributed by atoms with Gasteiger partial charge in [-0.05, 0) is 6.42 Å². The van der Waals surface area contributed by atoms with Crippen LogP contribution in [-0.4, -0.2) is 19.3 Å². The highest BCUT2D eigenvalue weighted by Crippen LogP contribution is 2.21. The summed E-state index contributed by atoms with van der Waals surface area (Å²) in [5.41, 5.74) is 0.661. The Morgan fingerprint density at radius 1 is 1.44 bits per heavy atom. The number of aromatic nitrogens is 4. The first-order chi connectivity index (χ1) is 8.52. The summed E-state index contributed by atoms with van der Waals surface area (Å²) < 4.78 is 3.03. The number of aryl methyl sites for hydroxylation is 2. The largest absolute Gasteiger partial charge is 0.328 e. The molecule has 0 atom stereocenters. The molecule has 18 heavy (non-hydrogen) atoms. The molecule has 0 aliphatic carbocycles. The van der Waals surface area contributed by atoms with Crippen LogP contribution < -0.4 is 11.2 Å². The molecule has 0 bridgehead atoms. The molecule has 0 unspecified atom stereocenters. The quantitative estimate of drug-likeness (QED) is 0.883. The molecule has 96 valence electrons. The zero-order valence-electron chi connectivity index (χ0n) is 10.1. The summed E-state index contributed by atoms with van der Waals surface area (Å²) in [6.07, 6.45) is 2.17. The van der Waals surface area contributed by atoms with E-state index in [1.165, 1.54) is 16.8 Å². The van der Waals surface area contributed by atoms with Gasteiger partial charge in [0.1, 0.15) is 0 Å². The summed E-state index contributed by atoms with van der Waals surface area (Å²) in [5, 5.41) is 4.84. The van der Waals surface area contributed by atoms with Crippen LogP contribution in [0.4, 0.5) is 0 Å². The minimum absolute atomic E-state index is 0.276. The van der Waals surface area contributed by atoms with Gasteiger partial charge in [-0.2, -0.15) is 5.10 Å². The molecule has 0 aromatic carbocycles. The van der Waals surface area contributed by atoms with Crippen molar-refractivity contribution in [2.45, 2.75) is 19.9 Å². The Balaban J connectivity index is 2.43. The minimum atomic E-state index is -0.460. The monoisotopic (exact) mass is 268 g/mol. The number of hydrogen-bond acceptors (Lipinski definition) is 3. The molecule has 2 heterocycles. The first-order valence-corrected chi connectivity index (χ1v) is 5.90. The van der Waals surface area contributed by atoms with Crippen molar-refractivity contribution in [1.29, 1.82) is 0 Å². The maximum absolute atomic E-state index is 11.6. The predicted octanol–water partition coefficient (Wildman–Crippen LogP) is 0.534. The van der Waals surface area contributed by atoms with Crippen LogP contribution >= 0.6 is 11.6 Å². The number of aromatic amines is 1. The number of halogens is 1. The Labute approximate surface area is 108 Å². The number of hydrogen-bond donors (Lipinski definition) is 1. The first-order valence-electron chi connectivity index (χ1n) is 5.53. The molecule has 0 spiro atoms. The van der Waals surface area contributed by atoms with E-state index in [1.54, 1.807) is 11.7 Å². The molecular weight excluding hydrogens is 256 g/mol.